The molecule has 3 heteroatoms. The Morgan fingerprint density at radius 2 is 1.78 bits per heavy atom. The standard InChI is InChI=1S/C15H30N2O/c1-11-7-6-8-12(2)17(11)14(18)13(10-16)9-15(3,4)5/h11-13H,6-10,16H2,1-5H3/t11-,12+,13?. The fourth-order valence-electron chi connectivity index (χ4n) is 3.08. The summed E-state index contributed by atoms with van der Waals surface area (Å²) in [5, 5.41) is 0. The predicted molar refractivity (Wildman–Crippen MR) is 76.2 cm³/mol. The summed E-state index contributed by atoms with van der Waals surface area (Å²) in [5.74, 6) is 0.250. The molecule has 0 saturated carbocycles. The molecule has 0 aromatic rings. The van der Waals surface area contributed by atoms with Crippen LogP contribution in [0.4, 0.5) is 0 Å². The molecule has 0 aromatic carbocycles. The Labute approximate surface area is 112 Å². The van der Waals surface area contributed by atoms with Crippen LogP contribution in [0.5, 0.6) is 0 Å². The topological polar surface area (TPSA) is 46.3 Å². The van der Waals surface area contributed by atoms with Crippen molar-refractivity contribution in [2.24, 2.45) is 17.1 Å². The highest BCUT2D eigenvalue weighted by molar-refractivity contribution is 5.79. The summed E-state index contributed by atoms with van der Waals surface area (Å²) in [5.41, 5.74) is 5.99. The van der Waals surface area contributed by atoms with Gasteiger partial charge in [0.15, 0.2) is 0 Å². The average Bonchev–Trinajstić information content (AvgIpc) is 2.24. The molecule has 0 aromatic heterocycles. The van der Waals surface area contributed by atoms with Crippen molar-refractivity contribution in [2.75, 3.05) is 6.54 Å². The molecule has 0 radical (unpaired) electrons. The minimum Gasteiger partial charge on any atom is -0.337 e. The third-order valence-corrected chi connectivity index (χ3v) is 3.94. The molecule has 18 heavy (non-hydrogen) atoms. The number of nitrogens with two attached hydrogens (primary N) is 1. The van der Waals surface area contributed by atoms with Gasteiger partial charge < -0.3 is 10.6 Å². The van der Waals surface area contributed by atoms with Crippen LogP contribution in [-0.4, -0.2) is 29.4 Å². The van der Waals surface area contributed by atoms with E-state index in [-0.39, 0.29) is 17.2 Å². The molecule has 0 spiro atoms. The molecule has 3 nitrogen and oxygen atoms in total. The summed E-state index contributed by atoms with van der Waals surface area (Å²) < 4.78 is 0. The van der Waals surface area contributed by atoms with E-state index < -0.39 is 0 Å². The number of likely N-dealkylation sites (tertiary alicyclic amines) is 1. The number of carbonyl (C=O) groups is 1. The van der Waals surface area contributed by atoms with E-state index in [1.807, 2.05) is 0 Å². The van der Waals surface area contributed by atoms with Gasteiger partial charge in [0, 0.05) is 18.6 Å². The van der Waals surface area contributed by atoms with Gasteiger partial charge in [0.25, 0.3) is 0 Å². The van der Waals surface area contributed by atoms with Crippen LogP contribution in [0.2, 0.25) is 0 Å². The van der Waals surface area contributed by atoms with Gasteiger partial charge >= 0.3 is 0 Å². The Morgan fingerprint density at radius 1 is 1.28 bits per heavy atom. The van der Waals surface area contributed by atoms with Crippen molar-refractivity contribution >= 4 is 5.91 Å². The number of nitrogens with zero attached hydrogens (tertiary/aromatic N) is 1. The molecule has 1 saturated heterocycles. The molecule has 1 rings (SSSR count). The molecule has 2 N–H and O–H groups in total. The summed E-state index contributed by atoms with van der Waals surface area (Å²) in [7, 11) is 0. The van der Waals surface area contributed by atoms with Gasteiger partial charge in [-0.2, -0.15) is 0 Å². The van der Waals surface area contributed by atoms with E-state index in [1.54, 1.807) is 0 Å². The third kappa shape index (κ3) is 3.98. The number of rotatable bonds is 3. The van der Waals surface area contributed by atoms with Crippen LogP contribution in [0.25, 0.3) is 0 Å². The van der Waals surface area contributed by atoms with Gasteiger partial charge in [-0.1, -0.05) is 20.8 Å². The summed E-state index contributed by atoms with van der Waals surface area (Å²) >= 11 is 0. The zero-order valence-corrected chi connectivity index (χ0v) is 12.7. The lowest BCUT2D eigenvalue weighted by Gasteiger charge is -2.41. The quantitative estimate of drug-likeness (QED) is 0.842. The van der Waals surface area contributed by atoms with Crippen molar-refractivity contribution in [1.29, 1.82) is 0 Å². The van der Waals surface area contributed by atoms with Crippen LogP contribution < -0.4 is 5.73 Å². The first-order valence-corrected chi connectivity index (χ1v) is 7.28. The lowest BCUT2D eigenvalue weighted by Crippen LogP contribution is -2.51. The van der Waals surface area contributed by atoms with Gasteiger partial charge in [0.05, 0.1) is 5.92 Å². The second-order valence-corrected chi connectivity index (χ2v) is 7.07. The molecule has 1 aliphatic rings. The monoisotopic (exact) mass is 254 g/mol. The van der Waals surface area contributed by atoms with Gasteiger partial charge in [0.2, 0.25) is 5.91 Å². The average molecular weight is 254 g/mol. The normalized spacial score (nSPS) is 27.1. The summed E-state index contributed by atoms with van der Waals surface area (Å²) in [6.45, 7) is 11.3. The molecule has 1 amide bonds. The van der Waals surface area contributed by atoms with Crippen molar-refractivity contribution in [3.05, 3.63) is 0 Å². The van der Waals surface area contributed by atoms with Crippen molar-refractivity contribution in [3.63, 3.8) is 0 Å². The molecule has 1 fully saturated rings. The van der Waals surface area contributed by atoms with Gasteiger partial charge in [-0.05, 0) is 44.9 Å². The molecule has 1 aliphatic heterocycles. The molecule has 1 unspecified atom stereocenters. The van der Waals surface area contributed by atoms with Crippen LogP contribution in [0.15, 0.2) is 0 Å². The van der Waals surface area contributed by atoms with Crippen LogP contribution in [0, 0.1) is 11.3 Å². The number of hydrogen-bond acceptors (Lipinski definition) is 2. The lowest BCUT2D eigenvalue weighted by atomic mass is 9.83. The molecule has 1 heterocycles. The van der Waals surface area contributed by atoms with Crippen molar-refractivity contribution in [2.45, 2.75) is 72.4 Å². The predicted octanol–water partition coefficient (Wildman–Crippen LogP) is 2.79. The maximum atomic E-state index is 12.7. The van der Waals surface area contributed by atoms with E-state index in [2.05, 4.69) is 39.5 Å². The second kappa shape index (κ2) is 6.05. The first-order valence-electron chi connectivity index (χ1n) is 7.28. The van der Waals surface area contributed by atoms with Crippen molar-refractivity contribution in [3.8, 4) is 0 Å². The lowest BCUT2D eigenvalue weighted by molar-refractivity contribution is -0.142. The van der Waals surface area contributed by atoms with E-state index >= 15 is 0 Å². The van der Waals surface area contributed by atoms with E-state index in [0.29, 0.717) is 18.6 Å². The number of amides is 1. The summed E-state index contributed by atoms with van der Waals surface area (Å²) in [4.78, 5) is 14.8. The van der Waals surface area contributed by atoms with E-state index in [1.165, 1.54) is 6.42 Å². The maximum absolute atomic E-state index is 12.7. The highest BCUT2D eigenvalue weighted by atomic mass is 16.2. The smallest absolute Gasteiger partial charge is 0.227 e. The summed E-state index contributed by atoms with van der Waals surface area (Å²) in [6.07, 6.45) is 4.36. The SMILES string of the molecule is C[C@@H]1CCC[C@H](C)N1C(=O)C(CN)CC(C)(C)C. The molecule has 3 atom stereocenters. The fourth-order valence-corrected chi connectivity index (χ4v) is 3.08. The third-order valence-electron chi connectivity index (χ3n) is 3.94. The Balaban J connectivity index is 2.76. The van der Waals surface area contributed by atoms with Crippen LogP contribution in [0.3, 0.4) is 0 Å². The van der Waals surface area contributed by atoms with Crippen LogP contribution in [-0.2, 0) is 4.79 Å². The largest absolute Gasteiger partial charge is 0.337 e. The molecule has 0 bridgehead atoms. The summed E-state index contributed by atoms with van der Waals surface area (Å²) in [6, 6.07) is 0.741. The number of piperidine rings is 1. The fraction of sp³-hybridized carbons (Fsp3) is 0.933. The Hall–Kier alpha value is -0.570. The highest BCUT2D eigenvalue weighted by Crippen LogP contribution is 2.29. The first kappa shape index (κ1) is 15.5. The minimum atomic E-state index is -0.0204. The molecular formula is C15H30N2O. The molecule has 0 aliphatic carbocycles. The highest BCUT2D eigenvalue weighted by Gasteiger charge is 2.34. The van der Waals surface area contributed by atoms with Crippen LogP contribution >= 0.6 is 0 Å². The van der Waals surface area contributed by atoms with E-state index in [9.17, 15) is 4.79 Å². The van der Waals surface area contributed by atoms with Gasteiger partial charge in [-0.25, -0.2) is 0 Å². The van der Waals surface area contributed by atoms with E-state index in [0.717, 1.165) is 19.3 Å². The number of carbonyl (C=O) groups excluding carboxylic acids is 1. The van der Waals surface area contributed by atoms with Gasteiger partial charge in [-0.3, -0.25) is 4.79 Å². The van der Waals surface area contributed by atoms with Crippen LogP contribution in [0.1, 0.15) is 60.3 Å². The number of hydrogen-bond donors (Lipinski definition) is 1. The van der Waals surface area contributed by atoms with Gasteiger partial charge in [0.1, 0.15) is 0 Å². The first-order chi connectivity index (χ1) is 8.26. The van der Waals surface area contributed by atoms with Crippen molar-refractivity contribution in [1.82, 2.24) is 4.90 Å². The van der Waals surface area contributed by atoms with Gasteiger partial charge in [-0.15, -0.1) is 0 Å². The zero-order chi connectivity index (χ0) is 13.9. The maximum Gasteiger partial charge on any atom is 0.227 e. The minimum absolute atomic E-state index is 0.0204. The zero-order valence-electron chi connectivity index (χ0n) is 12.7. The Morgan fingerprint density at radius 3 is 2.17 bits per heavy atom. The van der Waals surface area contributed by atoms with Crippen molar-refractivity contribution < 1.29 is 4.79 Å². The Bertz CT molecular complexity index is 273. The second-order valence-electron chi connectivity index (χ2n) is 7.07. The Kier molecular flexibility index (Phi) is 5.20. The molecule has 106 valence electrons. The molecular weight excluding hydrogens is 224 g/mol. The van der Waals surface area contributed by atoms with E-state index in [4.69, 9.17) is 5.73 Å².